The molecule has 20 heavy (non-hydrogen) atoms. The van der Waals surface area contributed by atoms with Gasteiger partial charge < -0.3 is 15.3 Å². The number of nitrogens with one attached hydrogen (secondary N) is 1. The number of carboxylic acids is 1. The predicted octanol–water partition coefficient (Wildman–Crippen LogP) is 1.47. The highest BCUT2D eigenvalue weighted by atomic mass is 16.4. The molecule has 106 valence electrons. The van der Waals surface area contributed by atoms with Gasteiger partial charge in [-0.3, -0.25) is 14.4 Å². The van der Waals surface area contributed by atoms with Crippen LogP contribution in [-0.4, -0.2) is 29.4 Å². The molecule has 2 N–H and O–H groups in total. The van der Waals surface area contributed by atoms with Crippen LogP contribution in [0.4, 0.5) is 11.4 Å². The van der Waals surface area contributed by atoms with Gasteiger partial charge in [-0.15, -0.1) is 0 Å². The van der Waals surface area contributed by atoms with Gasteiger partial charge in [0, 0.05) is 30.8 Å². The van der Waals surface area contributed by atoms with E-state index in [1.807, 2.05) is 0 Å². The summed E-state index contributed by atoms with van der Waals surface area (Å²) in [5.41, 5.74) is 1.30. The molecule has 6 heteroatoms. The van der Waals surface area contributed by atoms with Gasteiger partial charge in [-0.25, -0.2) is 0 Å². The summed E-state index contributed by atoms with van der Waals surface area (Å²) in [7, 11) is 0. The molecule has 0 radical (unpaired) electrons. The van der Waals surface area contributed by atoms with E-state index in [-0.39, 0.29) is 24.8 Å². The normalized spacial score (nSPS) is 18.1. The predicted molar refractivity (Wildman–Crippen MR) is 73.5 cm³/mol. The first-order valence-electron chi connectivity index (χ1n) is 6.44. The molecule has 0 aliphatic carbocycles. The lowest BCUT2D eigenvalue weighted by Crippen LogP contribution is -2.25. The lowest BCUT2D eigenvalue weighted by molar-refractivity contribution is -0.141. The summed E-state index contributed by atoms with van der Waals surface area (Å²) < 4.78 is 0. The number of aliphatic carboxylic acids is 1. The molecule has 1 aliphatic rings. The highest BCUT2D eigenvalue weighted by molar-refractivity contribution is 5.99. The van der Waals surface area contributed by atoms with Gasteiger partial charge >= 0.3 is 5.97 Å². The van der Waals surface area contributed by atoms with Crippen molar-refractivity contribution < 1.29 is 19.5 Å². The van der Waals surface area contributed by atoms with Gasteiger partial charge in [-0.2, -0.15) is 0 Å². The average molecular weight is 276 g/mol. The Balaban J connectivity index is 2.08. The molecule has 0 bridgehead atoms. The van der Waals surface area contributed by atoms with Gasteiger partial charge in [0.1, 0.15) is 0 Å². The highest BCUT2D eigenvalue weighted by Gasteiger charge is 2.34. The topological polar surface area (TPSA) is 86.7 Å². The maximum absolute atomic E-state index is 11.8. The number of carboxylic acid groups (broad SMARTS) is 1. The van der Waals surface area contributed by atoms with Crippen LogP contribution in [0.5, 0.6) is 0 Å². The van der Waals surface area contributed by atoms with E-state index in [1.54, 1.807) is 31.2 Å². The van der Waals surface area contributed by atoms with Crippen molar-refractivity contribution in [2.75, 3.05) is 16.8 Å². The van der Waals surface area contributed by atoms with Crippen LogP contribution in [0.1, 0.15) is 19.8 Å². The van der Waals surface area contributed by atoms with Crippen molar-refractivity contribution in [3.63, 3.8) is 0 Å². The fourth-order valence-electron chi connectivity index (χ4n) is 2.10. The Kier molecular flexibility index (Phi) is 4.02. The first kappa shape index (κ1) is 14.0. The highest BCUT2D eigenvalue weighted by Crippen LogP contribution is 2.26. The minimum absolute atomic E-state index is 0.0314. The van der Waals surface area contributed by atoms with E-state index in [2.05, 4.69) is 5.32 Å². The van der Waals surface area contributed by atoms with Gasteiger partial charge in [-0.1, -0.05) is 6.92 Å². The number of hydrogen-bond donors (Lipinski definition) is 2. The Hall–Kier alpha value is -2.37. The summed E-state index contributed by atoms with van der Waals surface area (Å²) in [6, 6.07) is 6.80. The number of hydrogen-bond acceptors (Lipinski definition) is 3. The van der Waals surface area contributed by atoms with E-state index in [0.717, 1.165) is 0 Å². The number of carbonyl (C=O) groups excluding carboxylic acids is 2. The van der Waals surface area contributed by atoms with Crippen molar-refractivity contribution in [2.45, 2.75) is 19.8 Å². The molecule has 0 spiro atoms. The third-order valence-corrected chi connectivity index (χ3v) is 3.26. The molecule has 1 saturated heterocycles. The Morgan fingerprint density at radius 3 is 2.50 bits per heavy atom. The second-order valence-corrected chi connectivity index (χ2v) is 4.69. The van der Waals surface area contributed by atoms with Crippen LogP contribution in [-0.2, 0) is 14.4 Å². The minimum Gasteiger partial charge on any atom is -0.481 e. The van der Waals surface area contributed by atoms with Crippen molar-refractivity contribution in [3.8, 4) is 0 Å². The smallest absolute Gasteiger partial charge is 0.308 e. The summed E-state index contributed by atoms with van der Waals surface area (Å²) >= 11 is 0. The maximum atomic E-state index is 11.8. The van der Waals surface area contributed by atoms with Gasteiger partial charge in [0.2, 0.25) is 11.8 Å². The van der Waals surface area contributed by atoms with Crippen LogP contribution in [0.3, 0.4) is 0 Å². The van der Waals surface area contributed by atoms with Crippen LogP contribution < -0.4 is 10.2 Å². The fourth-order valence-corrected chi connectivity index (χ4v) is 2.10. The molecule has 2 amide bonds. The molecule has 1 aromatic carbocycles. The Morgan fingerprint density at radius 1 is 1.35 bits per heavy atom. The Morgan fingerprint density at radius 2 is 2.00 bits per heavy atom. The molecule has 1 aliphatic heterocycles. The van der Waals surface area contributed by atoms with Crippen LogP contribution in [0.25, 0.3) is 0 Å². The molecule has 6 nitrogen and oxygen atoms in total. The summed E-state index contributed by atoms with van der Waals surface area (Å²) in [5.74, 6) is -1.88. The van der Waals surface area contributed by atoms with E-state index in [4.69, 9.17) is 5.11 Å². The van der Waals surface area contributed by atoms with E-state index in [0.29, 0.717) is 17.8 Å². The van der Waals surface area contributed by atoms with E-state index < -0.39 is 11.9 Å². The zero-order valence-corrected chi connectivity index (χ0v) is 11.1. The second-order valence-electron chi connectivity index (χ2n) is 4.69. The minimum atomic E-state index is -0.951. The summed E-state index contributed by atoms with van der Waals surface area (Å²) in [6.45, 7) is 1.95. The molecule has 1 atom stereocenters. The van der Waals surface area contributed by atoms with Gasteiger partial charge in [0.25, 0.3) is 0 Å². The van der Waals surface area contributed by atoms with Gasteiger partial charge in [-0.05, 0) is 24.3 Å². The third kappa shape index (κ3) is 2.96. The molecule has 1 aromatic rings. The Labute approximate surface area is 116 Å². The SMILES string of the molecule is CCC(=O)Nc1ccc(N2C[C@H](C(=O)O)CC2=O)cc1. The van der Waals surface area contributed by atoms with Crippen LogP contribution >= 0.6 is 0 Å². The Bertz CT molecular complexity index is 539. The third-order valence-electron chi connectivity index (χ3n) is 3.26. The number of benzene rings is 1. The molecule has 0 saturated carbocycles. The molecule has 1 fully saturated rings. The number of rotatable bonds is 4. The van der Waals surface area contributed by atoms with Crippen molar-refractivity contribution in [1.29, 1.82) is 0 Å². The molecule has 0 aromatic heterocycles. The van der Waals surface area contributed by atoms with Crippen LogP contribution in [0.2, 0.25) is 0 Å². The zero-order valence-electron chi connectivity index (χ0n) is 11.1. The van der Waals surface area contributed by atoms with E-state index in [1.165, 1.54) is 4.90 Å². The molecule has 0 unspecified atom stereocenters. The van der Waals surface area contributed by atoms with Crippen molar-refractivity contribution in [2.24, 2.45) is 5.92 Å². The quantitative estimate of drug-likeness (QED) is 0.872. The lowest BCUT2D eigenvalue weighted by Gasteiger charge is -2.16. The van der Waals surface area contributed by atoms with Gasteiger partial charge in [0.05, 0.1) is 5.92 Å². The largest absolute Gasteiger partial charge is 0.481 e. The monoisotopic (exact) mass is 276 g/mol. The number of carbonyl (C=O) groups is 3. The second kappa shape index (κ2) is 5.73. The summed E-state index contributed by atoms with van der Waals surface area (Å²) in [4.78, 5) is 35.4. The van der Waals surface area contributed by atoms with Crippen molar-refractivity contribution in [3.05, 3.63) is 24.3 Å². The number of nitrogens with zero attached hydrogens (tertiary/aromatic N) is 1. The number of amides is 2. The first-order chi connectivity index (χ1) is 9.51. The molecule has 2 rings (SSSR count). The summed E-state index contributed by atoms with van der Waals surface area (Å²) in [5, 5.41) is 11.7. The standard InChI is InChI=1S/C14H16N2O4/c1-2-12(17)15-10-3-5-11(6-4-10)16-8-9(14(19)20)7-13(16)18/h3-6,9H,2,7-8H2,1H3,(H,15,17)(H,19,20)/t9-/m1/s1. The summed E-state index contributed by atoms with van der Waals surface area (Å²) in [6.07, 6.45) is 0.427. The van der Waals surface area contributed by atoms with Gasteiger partial charge in [0.15, 0.2) is 0 Å². The molecular formula is C14H16N2O4. The maximum Gasteiger partial charge on any atom is 0.308 e. The number of anilines is 2. The van der Waals surface area contributed by atoms with Crippen molar-refractivity contribution in [1.82, 2.24) is 0 Å². The molecular weight excluding hydrogens is 260 g/mol. The van der Waals surface area contributed by atoms with Crippen LogP contribution in [0, 0.1) is 5.92 Å². The average Bonchev–Trinajstić information content (AvgIpc) is 2.82. The van der Waals surface area contributed by atoms with Crippen LogP contribution in [0.15, 0.2) is 24.3 Å². The zero-order chi connectivity index (χ0) is 14.7. The fraction of sp³-hybridized carbons (Fsp3) is 0.357. The first-order valence-corrected chi connectivity index (χ1v) is 6.44. The lowest BCUT2D eigenvalue weighted by atomic mass is 10.1. The van der Waals surface area contributed by atoms with Crippen molar-refractivity contribution >= 4 is 29.2 Å². The molecule has 1 heterocycles. The van der Waals surface area contributed by atoms with E-state index >= 15 is 0 Å². The van der Waals surface area contributed by atoms with E-state index in [9.17, 15) is 14.4 Å².